The van der Waals surface area contributed by atoms with Gasteiger partial charge in [0.1, 0.15) is 5.75 Å². The predicted molar refractivity (Wildman–Crippen MR) is 67.4 cm³/mol. The number of hydrogen-bond donors (Lipinski definition) is 2. The molecule has 0 aliphatic carbocycles. The van der Waals surface area contributed by atoms with Gasteiger partial charge < -0.3 is 14.7 Å². The Hall–Kier alpha value is -1.78. The number of rotatable bonds is 3. The van der Waals surface area contributed by atoms with Crippen LogP contribution in [-0.4, -0.2) is 17.4 Å². The highest BCUT2D eigenvalue weighted by atomic mass is 16.6. The van der Waals surface area contributed by atoms with Gasteiger partial charge >= 0.3 is 7.32 Å². The van der Waals surface area contributed by atoms with E-state index in [1.807, 2.05) is 49.4 Å². The molecule has 0 aliphatic heterocycles. The largest absolute Gasteiger partial charge is 0.707 e. The topological polar surface area (TPSA) is 49.7 Å². The molecule has 0 saturated heterocycles. The van der Waals surface area contributed by atoms with Gasteiger partial charge in [0.2, 0.25) is 0 Å². The highest BCUT2D eigenvalue weighted by Gasteiger charge is 2.13. The lowest BCUT2D eigenvalue weighted by Crippen LogP contribution is -2.21. The van der Waals surface area contributed by atoms with E-state index in [2.05, 4.69) is 0 Å². The van der Waals surface area contributed by atoms with Crippen molar-refractivity contribution in [1.29, 1.82) is 0 Å². The molecule has 0 radical (unpaired) electrons. The van der Waals surface area contributed by atoms with Crippen molar-refractivity contribution in [2.45, 2.75) is 6.92 Å². The van der Waals surface area contributed by atoms with Crippen LogP contribution in [0.4, 0.5) is 0 Å². The molecule has 0 spiro atoms. The molecular weight excluding hydrogens is 215 g/mol. The second-order valence-electron chi connectivity index (χ2n) is 3.79. The Kier molecular flexibility index (Phi) is 3.47. The van der Waals surface area contributed by atoms with E-state index >= 15 is 0 Å². The van der Waals surface area contributed by atoms with Gasteiger partial charge in [0.05, 0.1) is 0 Å². The van der Waals surface area contributed by atoms with Crippen LogP contribution in [0.5, 0.6) is 5.75 Å². The Morgan fingerprint density at radius 2 is 1.65 bits per heavy atom. The molecule has 0 aliphatic rings. The van der Waals surface area contributed by atoms with Gasteiger partial charge in [-0.25, -0.2) is 0 Å². The quantitative estimate of drug-likeness (QED) is 0.790. The van der Waals surface area contributed by atoms with Gasteiger partial charge in [0.25, 0.3) is 0 Å². The maximum atomic E-state index is 8.75. The van der Waals surface area contributed by atoms with Gasteiger partial charge in [-0.05, 0) is 35.7 Å². The summed E-state index contributed by atoms with van der Waals surface area (Å²) >= 11 is 0. The van der Waals surface area contributed by atoms with E-state index in [0.717, 1.165) is 16.7 Å². The molecule has 2 rings (SSSR count). The van der Waals surface area contributed by atoms with Crippen LogP contribution in [0.2, 0.25) is 0 Å². The Labute approximate surface area is 100 Å². The van der Waals surface area contributed by atoms with Crippen molar-refractivity contribution in [3.05, 3.63) is 54.1 Å². The maximum Gasteiger partial charge on any atom is 0.707 e. The highest BCUT2D eigenvalue weighted by Crippen LogP contribution is 2.26. The standard InChI is InChI=1S/C13H13BO3/c1-10-9-12(11-5-3-2-4-6-11)7-8-13(10)17-14(15)16/h2-9,15-16H,1H3. The van der Waals surface area contributed by atoms with Crippen molar-refractivity contribution in [3.8, 4) is 16.9 Å². The summed E-state index contributed by atoms with van der Waals surface area (Å²) < 4.78 is 4.85. The van der Waals surface area contributed by atoms with Crippen LogP contribution in [0, 0.1) is 6.92 Å². The first-order valence-corrected chi connectivity index (χ1v) is 5.35. The van der Waals surface area contributed by atoms with E-state index in [9.17, 15) is 0 Å². The molecule has 0 fully saturated rings. The molecule has 2 aromatic carbocycles. The van der Waals surface area contributed by atoms with Crippen molar-refractivity contribution in [3.63, 3.8) is 0 Å². The lowest BCUT2D eigenvalue weighted by Gasteiger charge is -2.10. The average Bonchev–Trinajstić information content (AvgIpc) is 2.32. The van der Waals surface area contributed by atoms with Gasteiger partial charge in [-0.2, -0.15) is 0 Å². The first-order valence-electron chi connectivity index (χ1n) is 5.35. The SMILES string of the molecule is Cc1cc(-c2ccccc2)ccc1OB(O)O. The second-order valence-corrected chi connectivity index (χ2v) is 3.79. The van der Waals surface area contributed by atoms with Crippen LogP contribution >= 0.6 is 0 Å². The van der Waals surface area contributed by atoms with Crippen LogP contribution in [0.25, 0.3) is 11.1 Å². The summed E-state index contributed by atoms with van der Waals surface area (Å²) in [4.78, 5) is 0. The first kappa shape index (κ1) is 11.7. The third-order valence-electron chi connectivity index (χ3n) is 2.51. The number of aryl methyl sites for hydroxylation is 1. The van der Waals surface area contributed by atoms with E-state index in [1.54, 1.807) is 6.07 Å². The molecule has 2 N–H and O–H groups in total. The fourth-order valence-electron chi connectivity index (χ4n) is 1.71. The average molecular weight is 228 g/mol. The fourth-order valence-corrected chi connectivity index (χ4v) is 1.71. The summed E-state index contributed by atoms with van der Waals surface area (Å²) in [5.41, 5.74) is 3.05. The zero-order valence-electron chi connectivity index (χ0n) is 9.50. The Bertz CT molecular complexity index is 497. The molecule has 0 amide bonds. The zero-order chi connectivity index (χ0) is 12.3. The normalized spacial score (nSPS) is 10.1. The first-order chi connectivity index (χ1) is 8.16. The molecule has 4 heteroatoms. The smallest absolute Gasteiger partial charge is 0.512 e. The molecule has 0 heterocycles. The predicted octanol–water partition coefficient (Wildman–Crippen LogP) is 2.01. The van der Waals surface area contributed by atoms with Gasteiger partial charge in [0, 0.05) is 0 Å². The minimum atomic E-state index is -1.78. The fraction of sp³-hybridized carbons (Fsp3) is 0.0769. The number of benzene rings is 2. The molecule has 0 atom stereocenters. The molecule has 0 unspecified atom stereocenters. The van der Waals surface area contributed by atoms with Gasteiger partial charge in [-0.15, -0.1) is 0 Å². The zero-order valence-corrected chi connectivity index (χ0v) is 9.50. The van der Waals surface area contributed by atoms with Crippen LogP contribution in [0.1, 0.15) is 5.56 Å². The van der Waals surface area contributed by atoms with Gasteiger partial charge in [-0.1, -0.05) is 36.4 Å². The summed E-state index contributed by atoms with van der Waals surface area (Å²) in [6.45, 7) is 1.87. The molecule has 17 heavy (non-hydrogen) atoms. The number of hydrogen-bond acceptors (Lipinski definition) is 3. The minimum Gasteiger partial charge on any atom is -0.512 e. The van der Waals surface area contributed by atoms with Crippen LogP contribution in [0.15, 0.2) is 48.5 Å². The molecule has 0 aromatic heterocycles. The Morgan fingerprint density at radius 3 is 2.24 bits per heavy atom. The summed E-state index contributed by atoms with van der Waals surface area (Å²) in [6.07, 6.45) is 0. The molecule has 86 valence electrons. The minimum absolute atomic E-state index is 0.472. The van der Waals surface area contributed by atoms with Crippen molar-refractivity contribution < 1.29 is 14.7 Å². The van der Waals surface area contributed by atoms with Crippen LogP contribution in [-0.2, 0) is 0 Å². The Morgan fingerprint density at radius 1 is 0.941 bits per heavy atom. The summed E-state index contributed by atoms with van der Waals surface area (Å²) in [5.74, 6) is 0.472. The van der Waals surface area contributed by atoms with E-state index in [0.29, 0.717) is 5.75 Å². The third-order valence-corrected chi connectivity index (χ3v) is 2.51. The van der Waals surface area contributed by atoms with Gasteiger partial charge in [-0.3, -0.25) is 0 Å². The van der Waals surface area contributed by atoms with Crippen molar-refractivity contribution in [2.75, 3.05) is 0 Å². The molecule has 3 nitrogen and oxygen atoms in total. The lowest BCUT2D eigenvalue weighted by molar-refractivity contribution is 0.287. The van der Waals surface area contributed by atoms with Crippen molar-refractivity contribution >= 4 is 7.32 Å². The summed E-state index contributed by atoms with van der Waals surface area (Å²) in [7, 11) is -1.78. The third kappa shape index (κ3) is 2.87. The van der Waals surface area contributed by atoms with Crippen LogP contribution in [0.3, 0.4) is 0 Å². The summed E-state index contributed by atoms with van der Waals surface area (Å²) in [6, 6.07) is 15.5. The van der Waals surface area contributed by atoms with E-state index in [1.165, 1.54) is 0 Å². The van der Waals surface area contributed by atoms with Gasteiger partial charge in [0.15, 0.2) is 0 Å². The lowest BCUT2D eigenvalue weighted by atomic mass is 10.0. The molecule has 0 bridgehead atoms. The second kappa shape index (κ2) is 5.04. The van der Waals surface area contributed by atoms with E-state index in [4.69, 9.17) is 14.7 Å². The maximum absolute atomic E-state index is 8.75. The van der Waals surface area contributed by atoms with E-state index in [-0.39, 0.29) is 0 Å². The van der Waals surface area contributed by atoms with Crippen molar-refractivity contribution in [1.82, 2.24) is 0 Å². The Balaban J connectivity index is 2.31. The molecule has 0 saturated carbocycles. The summed E-state index contributed by atoms with van der Waals surface area (Å²) in [5, 5.41) is 17.5. The van der Waals surface area contributed by atoms with Crippen molar-refractivity contribution in [2.24, 2.45) is 0 Å². The monoisotopic (exact) mass is 228 g/mol. The molecule has 2 aromatic rings. The molecular formula is C13H13BO3. The van der Waals surface area contributed by atoms with E-state index < -0.39 is 7.32 Å². The van der Waals surface area contributed by atoms with Crippen LogP contribution < -0.4 is 4.65 Å². The highest BCUT2D eigenvalue weighted by molar-refractivity contribution is 6.33.